The third-order valence-corrected chi connectivity index (χ3v) is 5.14. The van der Waals surface area contributed by atoms with Crippen LogP contribution in [-0.4, -0.2) is 71.9 Å². The van der Waals surface area contributed by atoms with E-state index in [9.17, 15) is 14.4 Å². The van der Waals surface area contributed by atoms with Gasteiger partial charge in [-0.25, -0.2) is 9.69 Å². The van der Waals surface area contributed by atoms with E-state index in [4.69, 9.17) is 11.6 Å². The molecule has 0 bridgehead atoms. The fourth-order valence-corrected chi connectivity index (χ4v) is 3.62. The fraction of sp³-hybridized carbons (Fsp3) is 0.526. The number of carbonyl (C=O) groups is 3. The fourth-order valence-electron chi connectivity index (χ4n) is 3.45. The number of urea groups is 1. The number of hydrogen-bond acceptors (Lipinski definition) is 5. The molecule has 0 radical (unpaired) electrons. The van der Waals surface area contributed by atoms with Crippen molar-refractivity contribution in [1.29, 1.82) is 0 Å². The first-order chi connectivity index (χ1) is 12.8. The molecule has 2 aliphatic rings. The van der Waals surface area contributed by atoms with E-state index in [0.29, 0.717) is 18.1 Å². The summed E-state index contributed by atoms with van der Waals surface area (Å²) in [5.41, 5.74) is 2.27. The molecular weight excluding hydrogens is 368 g/mol. The normalized spacial score (nSPS) is 19.0. The van der Waals surface area contributed by atoms with Crippen LogP contribution >= 0.6 is 11.6 Å². The molecule has 2 heterocycles. The molecule has 8 heteroatoms. The van der Waals surface area contributed by atoms with E-state index in [1.165, 1.54) is 0 Å². The Kier molecular flexibility index (Phi) is 5.72. The summed E-state index contributed by atoms with van der Waals surface area (Å²) < 4.78 is 0. The summed E-state index contributed by atoms with van der Waals surface area (Å²) in [5, 5.41) is 0.704. The maximum atomic E-state index is 12.5. The summed E-state index contributed by atoms with van der Waals surface area (Å²) in [7, 11) is 0. The van der Waals surface area contributed by atoms with Gasteiger partial charge in [0, 0.05) is 43.4 Å². The van der Waals surface area contributed by atoms with Crippen molar-refractivity contribution in [2.75, 3.05) is 44.3 Å². The molecule has 1 aromatic rings. The molecule has 0 spiro atoms. The minimum absolute atomic E-state index is 0.120. The van der Waals surface area contributed by atoms with Gasteiger partial charge in [0.2, 0.25) is 0 Å². The summed E-state index contributed by atoms with van der Waals surface area (Å²) in [4.78, 5) is 43.2. The second-order valence-corrected chi connectivity index (χ2v) is 7.94. The van der Waals surface area contributed by atoms with Gasteiger partial charge in [0.25, 0.3) is 0 Å². The number of halogens is 1. The van der Waals surface area contributed by atoms with E-state index < -0.39 is 17.8 Å². The second kappa shape index (κ2) is 7.86. The number of aryl methyl sites for hydroxylation is 1. The largest absolute Gasteiger partial charge is 0.369 e. The van der Waals surface area contributed by atoms with Gasteiger partial charge in [0.05, 0.1) is 6.67 Å². The van der Waals surface area contributed by atoms with Gasteiger partial charge in [-0.05, 0) is 30.5 Å². The third-order valence-electron chi connectivity index (χ3n) is 4.91. The molecule has 2 fully saturated rings. The maximum absolute atomic E-state index is 12.5. The van der Waals surface area contributed by atoms with Crippen LogP contribution in [0.3, 0.4) is 0 Å². The highest BCUT2D eigenvalue weighted by atomic mass is 35.5. The molecule has 2 saturated heterocycles. The van der Waals surface area contributed by atoms with Crippen molar-refractivity contribution in [3.8, 4) is 0 Å². The SMILES string of the molecule is Cc1ccc(Cl)cc1N1CCN(CN2C(=O)C(=O)N(CC(C)C)C2=O)CC1. The van der Waals surface area contributed by atoms with Crippen molar-refractivity contribution >= 4 is 35.1 Å². The molecule has 0 N–H and O–H groups in total. The van der Waals surface area contributed by atoms with E-state index in [1.54, 1.807) is 0 Å². The van der Waals surface area contributed by atoms with E-state index in [1.807, 2.05) is 36.9 Å². The molecule has 0 saturated carbocycles. The van der Waals surface area contributed by atoms with Crippen LogP contribution in [0.1, 0.15) is 19.4 Å². The smallest absolute Gasteiger partial charge is 0.335 e. The molecule has 27 heavy (non-hydrogen) atoms. The van der Waals surface area contributed by atoms with Gasteiger partial charge in [-0.15, -0.1) is 0 Å². The molecule has 2 aliphatic heterocycles. The first-order valence-corrected chi connectivity index (χ1v) is 9.56. The third kappa shape index (κ3) is 4.09. The van der Waals surface area contributed by atoms with Crippen LogP contribution in [0.5, 0.6) is 0 Å². The molecule has 146 valence electrons. The monoisotopic (exact) mass is 392 g/mol. The minimum Gasteiger partial charge on any atom is -0.369 e. The molecule has 0 aromatic heterocycles. The number of carbonyl (C=O) groups excluding carboxylic acids is 3. The Balaban J connectivity index is 1.61. The van der Waals surface area contributed by atoms with Crippen molar-refractivity contribution in [3.63, 3.8) is 0 Å². The highest BCUT2D eigenvalue weighted by Crippen LogP contribution is 2.25. The van der Waals surface area contributed by atoms with Crippen LogP contribution in [0.25, 0.3) is 0 Å². The summed E-state index contributed by atoms with van der Waals surface area (Å²) >= 11 is 6.12. The standard InChI is InChI=1S/C19H25ClN4O3/c1-13(2)11-23-17(25)18(26)24(19(23)27)12-21-6-8-22(9-7-21)16-10-15(20)5-4-14(16)3/h4-5,10,13H,6-9,11-12H2,1-3H3. The van der Waals surface area contributed by atoms with E-state index >= 15 is 0 Å². The predicted molar refractivity (Wildman–Crippen MR) is 104 cm³/mol. The van der Waals surface area contributed by atoms with Gasteiger partial charge in [-0.2, -0.15) is 0 Å². The Morgan fingerprint density at radius 2 is 1.63 bits per heavy atom. The number of hydrogen-bond donors (Lipinski definition) is 0. The Hall–Kier alpha value is -2.12. The zero-order valence-corrected chi connectivity index (χ0v) is 16.7. The average molecular weight is 393 g/mol. The highest BCUT2D eigenvalue weighted by molar-refractivity contribution is 6.44. The van der Waals surface area contributed by atoms with Gasteiger partial charge >= 0.3 is 17.8 Å². The number of rotatable bonds is 5. The predicted octanol–water partition coefficient (Wildman–Crippen LogP) is 2.17. The van der Waals surface area contributed by atoms with E-state index in [-0.39, 0.29) is 19.1 Å². The van der Waals surface area contributed by atoms with Crippen molar-refractivity contribution in [1.82, 2.24) is 14.7 Å². The first kappa shape index (κ1) is 19.6. The lowest BCUT2D eigenvalue weighted by molar-refractivity contribution is -0.144. The number of imide groups is 2. The van der Waals surface area contributed by atoms with Crippen LogP contribution < -0.4 is 4.90 Å². The highest BCUT2D eigenvalue weighted by Gasteiger charge is 2.45. The summed E-state index contributed by atoms with van der Waals surface area (Å²) in [6, 6.07) is 5.33. The number of amides is 4. The lowest BCUT2D eigenvalue weighted by Gasteiger charge is -2.37. The lowest BCUT2D eigenvalue weighted by Crippen LogP contribution is -2.51. The Labute approximate surface area is 164 Å². The van der Waals surface area contributed by atoms with Crippen LogP contribution in [0.4, 0.5) is 10.5 Å². The van der Waals surface area contributed by atoms with Crippen LogP contribution in [-0.2, 0) is 9.59 Å². The van der Waals surface area contributed by atoms with Gasteiger partial charge in [-0.3, -0.25) is 19.4 Å². The average Bonchev–Trinajstić information content (AvgIpc) is 2.82. The second-order valence-electron chi connectivity index (χ2n) is 7.50. The van der Waals surface area contributed by atoms with E-state index in [2.05, 4.69) is 11.8 Å². The summed E-state index contributed by atoms with van der Waals surface area (Å²) in [6.07, 6.45) is 0. The molecule has 3 rings (SSSR count). The van der Waals surface area contributed by atoms with Gasteiger partial charge < -0.3 is 4.90 Å². The van der Waals surface area contributed by atoms with Gasteiger partial charge in [-0.1, -0.05) is 31.5 Å². The maximum Gasteiger partial charge on any atom is 0.335 e. The molecular formula is C19H25ClN4O3. The molecule has 0 aliphatic carbocycles. The Bertz CT molecular complexity index is 759. The van der Waals surface area contributed by atoms with Crippen LogP contribution in [0.2, 0.25) is 5.02 Å². The number of piperazine rings is 1. The number of benzene rings is 1. The summed E-state index contributed by atoms with van der Waals surface area (Å²) in [5.74, 6) is -1.33. The van der Waals surface area contributed by atoms with E-state index in [0.717, 1.165) is 34.1 Å². The van der Waals surface area contributed by atoms with Crippen molar-refractivity contribution in [3.05, 3.63) is 28.8 Å². The number of anilines is 1. The van der Waals surface area contributed by atoms with Crippen molar-refractivity contribution in [2.24, 2.45) is 5.92 Å². The van der Waals surface area contributed by atoms with Gasteiger partial charge in [0.1, 0.15) is 0 Å². The molecule has 1 aromatic carbocycles. The van der Waals surface area contributed by atoms with Crippen LogP contribution in [0, 0.1) is 12.8 Å². The quantitative estimate of drug-likeness (QED) is 0.567. The van der Waals surface area contributed by atoms with Crippen LogP contribution in [0.15, 0.2) is 18.2 Å². The zero-order valence-electron chi connectivity index (χ0n) is 15.9. The lowest BCUT2D eigenvalue weighted by atomic mass is 10.1. The van der Waals surface area contributed by atoms with Gasteiger partial charge in [0.15, 0.2) is 0 Å². The minimum atomic E-state index is -0.728. The first-order valence-electron chi connectivity index (χ1n) is 9.18. The Morgan fingerprint density at radius 1 is 1.00 bits per heavy atom. The summed E-state index contributed by atoms with van der Waals surface area (Å²) in [6.45, 7) is 9.21. The zero-order chi connectivity index (χ0) is 19.7. The Morgan fingerprint density at radius 3 is 2.26 bits per heavy atom. The van der Waals surface area contributed by atoms with Crippen molar-refractivity contribution in [2.45, 2.75) is 20.8 Å². The molecule has 0 unspecified atom stereocenters. The molecule has 4 amide bonds. The number of nitrogens with zero attached hydrogens (tertiary/aromatic N) is 4. The topological polar surface area (TPSA) is 64.2 Å². The molecule has 0 atom stereocenters. The molecule has 7 nitrogen and oxygen atoms in total. The van der Waals surface area contributed by atoms with Crippen molar-refractivity contribution < 1.29 is 14.4 Å².